The second kappa shape index (κ2) is 11.7. The van der Waals surface area contributed by atoms with Crippen molar-refractivity contribution in [2.45, 2.75) is 56.1 Å². The molecule has 0 atom stereocenters. The zero-order valence-electron chi connectivity index (χ0n) is 21.4. The topological polar surface area (TPSA) is 133 Å². The molecule has 0 aliphatic carbocycles. The SMILES string of the molecule is CCCCc1nc(=O)c(SC2CCN(C(=O)c3nnc(C)o3)CC2)c(O)n1-c1c(OC)cccc1OC. The second-order valence-corrected chi connectivity index (χ2v) is 9.98. The standard InChI is InChI=1S/C25H31N5O6S/c1-5-6-10-19-26-22(31)21(24(32)30(19)20-17(34-3)8-7-9-18(20)35-4)37-16-11-13-29(14-12-16)25(33)23-28-27-15(2)36-23/h7-9,16,32H,5-6,10-14H2,1-4H3. The molecule has 4 rings (SSSR count). The number of aryl methyl sites for hydroxylation is 2. The number of hydrogen-bond acceptors (Lipinski definition) is 10. The minimum Gasteiger partial charge on any atom is -0.494 e. The van der Waals surface area contributed by atoms with Crippen LogP contribution in [0.15, 0.2) is 32.3 Å². The Kier molecular flexibility index (Phi) is 8.37. The number of para-hydroxylation sites is 1. The number of rotatable bonds is 9. The minimum atomic E-state index is -0.474. The van der Waals surface area contributed by atoms with E-state index < -0.39 is 5.56 Å². The molecule has 0 spiro atoms. The van der Waals surface area contributed by atoms with E-state index in [9.17, 15) is 14.7 Å². The third kappa shape index (κ3) is 5.58. The average molecular weight is 530 g/mol. The summed E-state index contributed by atoms with van der Waals surface area (Å²) in [6.45, 7) is 4.62. The van der Waals surface area contributed by atoms with Gasteiger partial charge >= 0.3 is 11.8 Å². The van der Waals surface area contributed by atoms with Crippen LogP contribution >= 0.6 is 11.8 Å². The Morgan fingerprint density at radius 2 is 1.86 bits per heavy atom. The number of methoxy groups -OCH3 is 2. The summed E-state index contributed by atoms with van der Waals surface area (Å²) in [5, 5.41) is 19.0. The smallest absolute Gasteiger partial charge is 0.311 e. The number of carbonyl (C=O) groups is 1. The second-order valence-electron chi connectivity index (χ2n) is 8.67. The molecule has 37 heavy (non-hydrogen) atoms. The van der Waals surface area contributed by atoms with E-state index in [0.717, 1.165) is 12.8 Å². The van der Waals surface area contributed by atoms with Crippen LogP contribution in [-0.4, -0.2) is 68.2 Å². The predicted octanol–water partition coefficient (Wildman–Crippen LogP) is 3.39. The van der Waals surface area contributed by atoms with Gasteiger partial charge < -0.3 is 23.9 Å². The summed E-state index contributed by atoms with van der Waals surface area (Å²) in [5.74, 6) is 1.21. The number of piperidine rings is 1. The first-order chi connectivity index (χ1) is 17.9. The number of benzene rings is 1. The van der Waals surface area contributed by atoms with Gasteiger partial charge in [0.05, 0.1) is 14.2 Å². The quantitative estimate of drug-likeness (QED) is 0.440. The molecular weight excluding hydrogens is 498 g/mol. The Hall–Kier alpha value is -3.54. The Bertz CT molecular complexity index is 1290. The van der Waals surface area contributed by atoms with Crippen molar-refractivity contribution in [3.05, 3.63) is 46.2 Å². The van der Waals surface area contributed by atoms with E-state index in [0.29, 0.717) is 61.3 Å². The Morgan fingerprint density at radius 3 is 2.43 bits per heavy atom. The maximum Gasteiger partial charge on any atom is 0.311 e. The normalized spacial score (nSPS) is 14.1. The third-order valence-corrected chi connectivity index (χ3v) is 7.60. The lowest BCUT2D eigenvalue weighted by Gasteiger charge is -2.30. The fourth-order valence-electron chi connectivity index (χ4n) is 4.29. The zero-order valence-corrected chi connectivity index (χ0v) is 22.2. The van der Waals surface area contributed by atoms with Crippen LogP contribution in [0.3, 0.4) is 0 Å². The van der Waals surface area contributed by atoms with Crippen molar-refractivity contribution >= 4 is 17.7 Å². The maximum atomic E-state index is 13.1. The van der Waals surface area contributed by atoms with Gasteiger partial charge in [0.15, 0.2) is 0 Å². The first kappa shape index (κ1) is 26.5. The number of likely N-dealkylation sites (tertiary alicyclic amines) is 1. The molecule has 0 unspecified atom stereocenters. The van der Waals surface area contributed by atoms with Gasteiger partial charge in [-0.3, -0.25) is 14.2 Å². The van der Waals surface area contributed by atoms with Crippen molar-refractivity contribution < 1.29 is 23.8 Å². The molecule has 1 N–H and O–H groups in total. The summed E-state index contributed by atoms with van der Waals surface area (Å²) in [4.78, 5) is 31.9. The van der Waals surface area contributed by atoms with Gasteiger partial charge in [0, 0.05) is 31.7 Å². The van der Waals surface area contributed by atoms with E-state index in [1.165, 1.54) is 26.0 Å². The molecule has 1 aliphatic heterocycles. The molecule has 1 saturated heterocycles. The Morgan fingerprint density at radius 1 is 1.19 bits per heavy atom. The molecule has 198 valence electrons. The molecule has 1 fully saturated rings. The summed E-state index contributed by atoms with van der Waals surface area (Å²) < 4.78 is 18.0. The van der Waals surface area contributed by atoms with Gasteiger partial charge in [-0.1, -0.05) is 19.4 Å². The van der Waals surface area contributed by atoms with Gasteiger partial charge in [-0.15, -0.1) is 22.0 Å². The zero-order chi connectivity index (χ0) is 26.5. The highest BCUT2D eigenvalue weighted by Gasteiger charge is 2.30. The number of nitrogens with zero attached hydrogens (tertiary/aromatic N) is 5. The average Bonchev–Trinajstić information content (AvgIpc) is 3.35. The van der Waals surface area contributed by atoms with Crippen molar-refractivity contribution in [3.8, 4) is 23.1 Å². The number of amides is 1. The van der Waals surface area contributed by atoms with E-state index in [-0.39, 0.29) is 27.8 Å². The van der Waals surface area contributed by atoms with Crippen molar-refractivity contribution in [2.24, 2.45) is 0 Å². The molecular formula is C25H31N5O6S. The lowest BCUT2D eigenvalue weighted by atomic mass is 10.1. The van der Waals surface area contributed by atoms with Crippen LogP contribution in [0.2, 0.25) is 0 Å². The van der Waals surface area contributed by atoms with Crippen LogP contribution in [-0.2, 0) is 6.42 Å². The number of thioether (sulfide) groups is 1. The summed E-state index contributed by atoms with van der Waals surface area (Å²) in [6.07, 6.45) is 3.44. The molecule has 0 bridgehead atoms. The number of unbranched alkanes of at least 4 members (excludes halogenated alkanes) is 1. The fourth-order valence-corrected chi connectivity index (χ4v) is 5.41. The molecule has 3 aromatic rings. The predicted molar refractivity (Wildman–Crippen MR) is 137 cm³/mol. The first-order valence-corrected chi connectivity index (χ1v) is 13.1. The van der Waals surface area contributed by atoms with Crippen LogP contribution in [0.1, 0.15) is 55.0 Å². The van der Waals surface area contributed by atoms with E-state index >= 15 is 0 Å². The van der Waals surface area contributed by atoms with Crippen LogP contribution in [0.5, 0.6) is 17.4 Å². The van der Waals surface area contributed by atoms with Gasteiger partial charge in [-0.2, -0.15) is 4.98 Å². The Labute approximate surface area is 218 Å². The number of ether oxygens (including phenoxy) is 2. The molecule has 1 amide bonds. The number of hydrogen-bond donors (Lipinski definition) is 1. The molecule has 12 heteroatoms. The summed E-state index contributed by atoms with van der Waals surface area (Å²) in [7, 11) is 3.08. The van der Waals surface area contributed by atoms with Gasteiger partial charge in [-0.25, -0.2) is 0 Å². The molecule has 3 heterocycles. The highest BCUT2D eigenvalue weighted by molar-refractivity contribution is 8.00. The molecule has 1 aliphatic rings. The molecule has 2 aromatic heterocycles. The van der Waals surface area contributed by atoms with Crippen LogP contribution in [0.25, 0.3) is 5.69 Å². The van der Waals surface area contributed by atoms with Gasteiger partial charge in [0.1, 0.15) is 27.9 Å². The van der Waals surface area contributed by atoms with Gasteiger partial charge in [0.25, 0.3) is 5.56 Å². The lowest BCUT2D eigenvalue weighted by Crippen LogP contribution is -2.39. The highest BCUT2D eigenvalue weighted by Crippen LogP contribution is 2.40. The molecule has 1 aromatic carbocycles. The van der Waals surface area contributed by atoms with E-state index in [1.54, 1.807) is 34.6 Å². The third-order valence-electron chi connectivity index (χ3n) is 6.20. The largest absolute Gasteiger partial charge is 0.494 e. The molecule has 0 saturated carbocycles. The van der Waals surface area contributed by atoms with E-state index in [2.05, 4.69) is 15.2 Å². The summed E-state index contributed by atoms with van der Waals surface area (Å²) in [6, 6.07) is 5.33. The lowest BCUT2D eigenvalue weighted by molar-refractivity contribution is 0.0685. The van der Waals surface area contributed by atoms with Gasteiger partial charge in [0.2, 0.25) is 11.8 Å². The van der Waals surface area contributed by atoms with Gasteiger partial charge in [-0.05, 0) is 31.4 Å². The maximum absolute atomic E-state index is 13.1. The van der Waals surface area contributed by atoms with Crippen LogP contribution in [0, 0.1) is 6.92 Å². The van der Waals surface area contributed by atoms with Crippen molar-refractivity contribution in [1.82, 2.24) is 24.6 Å². The fraction of sp³-hybridized carbons (Fsp3) is 0.480. The van der Waals surface area contributed by atoms with Crippen molar-refractivity contribution in [1.29, 1.82) is 0 Å². The first-order valence-electron chi connectivity index (χ1n) is 12.2. The number of carbonyl (C=O) groups excluding carboxylic acids is 1. The summed E-state index contributed by atoms with van der Waals surface area (Å²) in [5.41, 5.74) is 0.0132. The number of aromatic nitrogens is 4. The van der Waals surface area contributed by atoms with Crippen molar-refractivity contribution in [2.75, 3.05) is 27.3 Å². The van der Waals surface area contributed by atoms with Crippen molar-refractivity contribution in [3.63, 3.8) is 0 Å². The van der Waals surface area contributed by atoms with Crippen LogP contribution < -0.4 is 15.0 Å². The van der Waals surface area contributed by atoms with E-state index in [4.69, 9.17) is 13.9 Å². The Balaban J connectivity index is 1.63. The summed E-state index contributed by atoms with van der Waals surface area (Å²) >= 11 is 1.28. The molecule has 11 nitrogen and oxygen atoms in total. The van der Waals surface area contributed by atoms with Crippen LogP contribution in [0.4, 0.5) is 0 Å². The monoisotopic (exact) mass is 529 g/mol. The highest BCUT2D eigenvalue weighted by atomic mass is 32.2. The molecule has 0 radical (unpaired) electrons. The minimum absolute atomic E-state index is 0.00313. The number of aromatic hydroxyl groups is 1. The van der Waals surface area contributed by atoms with E-state index in [1.807, 2.05) is 6.92 Å².